The van der Waals surface area contributed by atoms with Gasteiger partial charge in [-0.25, -0.2) is 0 Å². The average molecular weight is 213 g/mol. The monoisotopic (exact) mass is 213 g/mol. The van der Waals surface area contributed by atoms with E-state index in [9.17, 15) is 0 Å². The molecule has 1 aliphatic rings. The Morgan fingerprint density at radius 1 is 1.07 bits per heavy atom. The van der Waals surface area contributed by atoms with Crippen LogP contribution in [0.4, 0.5) is 0 Å². The number of piperazine rings is 1. The van der Waals surface area contributed by atoms with Gasteiger partial charge < -0.3 is 15.1 Å². The zero-order valence-electron chi connectivity index (χ0n) is 10.8. The minimum Gasteiger partial charge on any atom is -0.312 e. The van der Waals surface area contributed by atoms with Crippen LogP contribution in [0, 0.1) is 0 Å². The van der Waals surface area contributed by atoms with Crippen molar-refractivity contribution in [1.82, 2.24) is 15.1 Å². The predicted molar refractivity (Wildman–Crippen MR) is 66.3 cm³/mol. The zero-order valence-corrected chi connectivity index (χ0v) is 10.8. The van der Waals surface area contributed by atoms with Crippen molar-refractivity contribution in [1.29, 1.82) is 0 Å². The van der Waals surface area contributed by atoms with Crippen molar-refractivity contribution < 1.29 is 0 Å². The maximum absolute atomic E-state index is 3.53. The Morgan fingerprint density at radius 3 is 2.20 bits per heavy atom. The molecule has 1 N–H and O–H groups in total. The Bertz CT molecular complexity index is 166. The minimum absolute atomic E-state index is 0.266. The lowest BCUT2D eigenvalue weighted by molar-refractivity contribution is 0.152. The first-order chi connectivity index (χ1) is 6.97. The van der Waals surface area contributed by atoms with Gasteiger partial charge in [-0.3, -0.25) is 0 Å². The number of hydrogen-bond donors (Lipinski definition) is 1. The number of nitrogens with one attached hydrogen (secondary N) is 1. The summed E-state index contributed by atoms with van der Waals surface area (Å²) in [6.07, 6.45) is 1.26. The van der Waals surface area contributed by atoms with Gasteiger partial charge in [0.25, 0.3) is 0 Å². The molecule has 15 heavy (non-hydrogen) atoms. The highest BCUT2D eigenvalue weighted by atomic mass is 15.2. The summed E-state index contributed by atoms with van der Waals surface area (Å²) in [6.45, 7) is 14.0. The molecule has 1 fully saturated rings. The fourth-order valence-corrected chi connectivity index (χ4v) is 1.84. The smallest absolute Gasteiger partial charge is 0.0110 e. The van der Waals surface area contributed by atoms with Gasteiger partial charge in [0.1, 0.15) is 0 Å². The highest BCUT2D eigenvalue weighted by molar-refractivity contribution is 4.72. The quantitative estimate of drug-likeness (QED) is 0.703. The summed E-state index contributed by atoms with van der Waals surface area (Å²) < 4.78 is 0. The third kappa shape index (κ3) is 6.13. The SMILES string of the molecule is CN1CCN(CCCNC(C)(C)C)CC1. The van der Waals surface area contributed by atoms with Gasteiger partial charge in [0.05, 0.1) is 0 Å². The van der Waals surface area contributed by atoms with E-state index in [0.717, 1.165) is 6.54 Å². The highest BCUT2D eigenvalue weighted by Gasteiger charge is 2.13. The van der Waals surface area contributed by atoms with Gasteiger partial charge in [-0.05, 0) is 47.3 Å². The maximum atomic E-state index is 3.53. The molecule has 1 rings (SSSR count). The second-order valence-electron chi connectivity index (χ2n) is 5.68. The Balaban J connectivity index is 2.01. The van der Waals surface area contributed by atoms with Crippen molar-refractivity contribution in [3.8, 4) is 0 Å². The Hall–Kier alpha value is -0.120. The molecule has 0 atom stereocenters. The van der Waals surface area contributed by atoms with Crippen molar-refractivity contribution >= 4 is 0 Å². The van der Waals surface area contributed by atoms with Gasteiger partial charge in [-0.2, -0.15) is 0 Å². The average Bonchev–Trinajstić information content (AvgIpc) is 2.14. The van der Waals surface area contributed by atoms with Crippen LogP contribution in [0.2, 0.25) is 0 Å². The van der Waals surface area contributed by atoms with Crippen LogP contribution in [-0.2, 0) is 0 Å². The molecule has 1 heterocycles. The van der Waals surface area contributed by atoms with E-state index >= 15 is 0 Å². The van der Waals surface area contributed by atoms with Gasteiger partial charge in [0.15, 0.2) is 0 Å². The molecule has 0 amide bonds. The molecule has 3 nitrogen and oxygen atoms in total. The molecule has 0 aromatic heterocycles. The van der Waals surface area contributed by atoms with E-state index in [1.54, 1.807) is 0 Å². The summed E-state index contributed by atoms with van der Waals surface area (Å²) >= 11 is 0. The van der Waals surface area contributed by atoms with Crippen LogP contribution in [-0.4, -0.2) is 61.7 Å². The van der Waals surface area contributed by atoms with E-state index in [2.05, 4.69) is 42.9 Å². The number of nitrogens with zero attached hydrogens (tertiary/aromatic N) is 2. The molecule has 0 bridgehead atoms. The van der Waals surface area contributed by atoms with Crippen LogP contribution in [0.3, 0.4) is 0 Å². The van der Waals surface area contributed by atoms with Crippen molar-refractivity contribution in [2.75, 3.05) is 46.3 Å². The summed E-state index contributed by atoms with van der Waals surface area (Å²) in [4.78, 5) is 4.98. The molecule has 90 valence electrons. The van der Waals surface area contributed by atoms with E-state index in [1.807, 2.05) is 0 Å². The van der Waals surface area contributed by atoms with Crippen LogP contribution in [0.5, 0.6) is 0 Å². The molecule has 0 radical (unpaired) electrons. The summed E-state index contributed by atoms with van der Waals surface area (Å²) in [5.74, 6) is 0. The topological polar surface area (TPSA) is 18.5 Å². The van der Waals surface area contributed by atoms with E-state index in [1.165, 1.54) is 39.1 Å². The largest absolute Gasteiger partial charge is 0.312 e. The minimum atomic E-state index is 0.266. The van der Waals surface area contributed by atoms with Crippen LogP contribution in [0.1, 0.15) is 27.2 Å². The zero-order chi connectivity index (χ0) is 11.3. The lowest BCUT2D eigenvalue weighted by Crippen LogP contribution is -2.45. The first kappa shape index (κ1) is 12.9. The number of hydrogen-bond acceptors (Lipinski definition) is 3. The molecule has 0 spiro atoms. The van der Waals surface area contributed by atoms with Crippen LogP contribution in [0.15, 0.2) is 0 Å². The van der Waals surface area contributed by atoms with Gasteiger partial charge in [0, 0.05) is 31.7 Å². The third-order valence-electron chi connectivity index (χ3n) is 2.90. The van der Waals surface area contributed by atoms with Crippen LogP contribution >= 0.6 is 0 Å². The van der Waals surface area contributed by atoms with Crippen LogP contribution < -0.4 is 5.32 Å². The standard InChI is InChI=1S/C12H27N3/c1-12(2,3)13-6-5-7-15-10-8-14(4)9-11-15/h13H,5-11H2,1-4H3. The van der Waals surface area contributed by atoms with Gasteiger partial charge in [-0.1, -0.05) is 0 Å². The summed E-state index contributed by atoms with van der Waals surface area (Å²) in [7, 11) is 2.21. The second kappa shape index (κ2) is 5.83. The summed E-state index contributed by atoms with van der Waals surface area (Å²) in [5, 5.41) is 3.53. The van der Waals surface area contributed by atoms with Gasteiger partial charge in [0.2, 0.25) is 0 Å². The Kier molecular flexibility index (Phi) is 5.03. The molecule has 3 heteroatoms. The second-order valence-corrected chi connectivity index (χ2v) is 5.68. The van der Waals surface area contributed by atoms with E-state index in [-0.39, 0.29) is 5.54 Å². The summed E-state index contributed by atoms with van der Waals surface area (Å²) in [5.41, 5.74) is 0.266. The Labute approximate surface area is 94.8 Å². The van der Waals surface area contributed by atoms with E-state index < -0.39 is 0 Å². The molecular formula is C12H27N3. The first-order valence-corrected chi connectivity index (χ1v) is 6.13. The van der Waals surface area contributed by atoms with E-state index in [4.69, 9.17) is 0 Å². The molecule has 1 saturated heterocycles. The predicted octanol–water partition coefficient (Wildman–Crippen LogP) is 1.01. The van der Waals surface area contributed by atoms with Crippen molar-refractivity contribution in [2.45, 2.75) is 32.7 Å². The summed E-state index contributed by atoms with van der Waals surface area (Å²) in [6, 6.07) is 0. The van der Waals surface area contributed by atoms with Crippen molar-refractivity contribution in [3.63, 3.8) is 0 Å². The molecule has 0 aromatic rings. The molecule has 0 saturated carbocycles. The fourth-order valence-electron chi connectivity index (χ4n) is 1.84. The normalized spacial score (nSPS) is 20.8. The van der Waals surface area contributed by atoms with Crippen molar-refractivity contribution in [2.24, 2.45) is 0 Å². The maximum Gasteiger partial charge on any atom is 0.0110 e. The molecular weight excluding hydrogens is 186 g/mol. The fraction of sp³-hybridized carbons (Fsp3) is 1.00. The molecule has 0 aromatic carbocycles. The van der Waals surface area contributed by atoms with E-state index in [0.29, 0.717) is 0 Å². The van der Waals surface area contributed by atoms with Crippen molar-refractivity contribution in [3.05, 3.63) is 0 Å². The Morgan fingerprint density at radius 2 is 1.67 bits per heavy atom. The van der Waals surface area contributed by atoms with Gasteiger partial charge in [-0.15, -0.1) is 0 Å². The molecule has 0 aliphatic carbocycles. The third-order valence-corrected chi connectivity index (χ3v) is 2.90. The lowest BCUT2D eigenvalue weighted by atomic mass is 10.1. The molecule has 0 unspecified atom stereocenters. The lowest BCUT2D eigenvalue weighted by Gasteiger charge is -2.32. The highest BCUT2D eigenvalue weighted by Crippen LogP contribution is 2.01. The van der Waals surface area contributed by atoms with Gasteiger partial charge >= 0.3 is 0 Å². The first-order valence-electron chi connectivity index (χ1n) is 6.13. The number of likely N-dealkylation sites (N-methyl/N-ethyl adjacent to an activating group) is 1. The number of rotatable bonds is 4. The molecule has 1 aliphatic heterocycles. The van der Waals surface area contributed by atoms with Crippen LogP contribution in [0.25, 0.3) is 0 Å².